The predicted molar refractivity (Wildman–Crippen MR) is 91.4 cm³/mol. The van der Waals surface area contributed by atoms with Gasteiger partial charge in [-0.1, -0.05) is 30.3 Å². The van der Waals surface area contributed by atoms with Crippen LogP contribution in [0.25, 0.3) is 10.8 Å². The van der Waals surface area contributed by atoms with E-state index < -0.39 is 11.0 Å². The monoisotopic (exact) mass is 312 g/mol. The van der Waals surface area contributed by atoms with Gasteiger partial charge in [0.05, 0.1) is 17.7 Å². The van der Waals surface area contributed by atoms with Crippen LogP contribution in [-0.2, 0) is 11.0 Å². The Morgan fingerprint density at radius 1 is 1.00 bits per heavy atom. The maximum Gasteiger partial charge on any atom is 0.150 e. The molecule has 0 spiro atoms. The van der Waals surface area contributed by atoms with E-state index >= 15 is 0 Å². The van der Waals surface area contributed by atoms with E-state index in [4.69, 9.17) is 10.5 Å². The van der Waals surface area contributed by atoms with Crippen LogP contribution in [0.4, 0.5) is 11.4 Å². The Balaban J connectivity index is 1.97. The maximum absolute atomic E-state index is 12.7. The first-order valence-corrected chi connectivity index (χ1v) is 7.94. The minimum atomic E-state index is -1.39. The second kappa shape index (κ2) is 6.07. The van der Waals surface area contributed by atoms with Gasteiger partial charge in [0.25, 0.3) is 0 Å². The summed E-state index contributed by atoms with van der Waals surface area (Å²) in [6.45, 7) is 0. The van der Waals surface area contributed by atoms with Crippen molar-refractivity contribution in [2.24, 2.45) is 0 Å². The molecule has 3 rings (SSSR count). The fraction of sp³-hybridized carbons (Fsp3) is 0.0588. The van der Waals surface area contributed by atoms with Crippen LogP contribution in [0.3, 0.4) is 0 Å². The van der Waals surface area contributed by atoms with E-state index in [0.29, 0.717) is 16.3 Å². The number of methoxy groups -OCH3 is 1. The molecule has 0 aliphatic rings. The number of anilines is 2. The number of hydrogen-bond acceptors (Lipinski definition) is 3. The van der Waals surface area contributed by atoms with Crippen LogP contribution in [0.2, 0.25) is 0 Å². The smallest absolute Gasteiger partial charge is 0.150 e. The Morgan fingerprint density at radius 2 is 1.77 bits per heavy atom. The van der Waals surface area contributed by atoms with Crippen LogP contribution >= 0.6 is 0 Å². The molecule has 0 saturated heterocycles. The van der Waals surface area contributed by atoms with Gasteiger partial charge in [-0.25, -0.2) is 4.21 Å². The second-order valence-electron chi connectivity index (χ2n) is 4.80. The van der Waals surface area contributed by atoms with Crippen molar-refractivity contribution in [1.29, 1.82) is 0 Å². The molecule has 4 nitrogen and oxygen atoms in total. The van der Waals surface area contributed by atoms with E-state index in [2.05, 4.69) is 4.72 Å². The summed E-state index contributed by atoms with van der Waals surface area (Å²) in [4.78, 5) is 0.701. The molecule has 0 heterocycles. The van der Waals surface area contributed by atoms with Gasteiger partial charge in [0.1, 0.15) is 5.75 Å². The highest BCUT2D eigenvalue weighted by molar-refractivity contribution is 7.86. The minimum absolute atomic E-state index is 0.678. The maximum atomic E-state index is 12.7. The fourth-order valence-corrected chi connectivity index (χ4v) is 3.33. The lowest BCUT2D eigenvalue weighted by atomic mass is 10.1. The summed E-state index contributed by atoms with van der Waals surface area (Å²) >= 11 is 0. The summed E-state index contributed by atoms with van der Waals surface area (Å²) in [7, 11) is 0.212. The summed E-state index contributed by atoms with van der Waals surface area (Å²) in [6.07, 6.45) is 0. The van der Waals surface area contributed by atoms with E-state index in [1.54, 1.807) is 25.3 Å². The number of hydrogen-bond donors (Lipinski definition) is 2. The molecular formula is C17H16N2O2S. The minimum Gasteiger partial charge on any atom is -0.497 e. The summed E-state index contributed by atoms with van der Waals surface area (Å²) in [5, 5.41) is 1.79. The van der Waals surface area contributed by atoms with Crippen molar-refractivity contribution in [3.05, 3.63) is 60.7 Å². The molecule has 5 heteroatoms. The van der Waals surface area contributed by atoms with Crippen molar-refractivity contribution in [3.63, 3.8) is 0 Å². The molecule has 0 amide bonds. The van der Waals surface area contributed by atoms with Crippen LogP contribution in [0.5, 0.6) is 5.75 Å². The van der Waals surface area contributed by atoms with Crippen LogP contribution in [0.1, 0.15) is 0 Å². The van der Waals surface area contributed by atoms with Crippen LogP contribution in [0, 0.1) is 0 Å². The Bertz CT molecular complexity index is 849. The van der Waals surface area contributed by atoms with Gasteiger partial charge >= 0.3 is 0 Å². The van der Waals surface area contributed by atoms with Crippen molar-refractivity contribution in [2.45, 2.75) is 4.90 Å². The summed E-state index contributed by atoms with van der Waals surface area (Å²) < 4.78 is 20.8. The third kappa shape index (κ3) is 2.76. The molecule has 112 valence electrons. The van der Waals surface area contributed by atoms with Crippen molar-refractivity contribution < 1.29 is 8.95 Å². The highest BCUT2D eigenvalue weighted by Crippen LogP contribution is 2.27. The quantitative estimate of drug-likeness (QED) is 0.724. The standard InChI is InChI=1S/C17H16N2O2S/c1-21-13-6-4-5-12(11-13)19-22(20)17-10-9-16(18)14-7-2-3-8-15(14)17/h2-11,19H,18H2,1H3. The van der Waals surface area contributed by atoms with E-state index in [1.807, 2.05) is 42.5 Å². The lowest BCUT2D eigenvalue weighted by molar-refractivity contribution is 0.415. The molecule has 3 aromatic carbocycles. The molecule has 0 bridgehead atoms. The summed E-state index contributed by atoms with van der Waals surface area (Å²) in [5.41, 5.74) is 7.39. The number of nitrogens with two attached hydrogens (primary N) is 1. The zero-order valence-corrected chi connectivity index (χ0v) is 12.9. The summed E-state index contributed by atoms with van der Waals surface area (Å²) in [6, 6.07) is 18.6. The van der Waals surface area contributed by atoms with Crippen molar-refractivity contribution >= 4 is 33.1 Å². The molecule has 3 aromatic rings. The van der Waals surface area contributed by atoms with Crippen molar-refractivity contribution in [1.82, 2.24) is 0 Å². The Hall–Kier alpha value is -2.53. The summed E-state index contributed by atoms with van der Waals surface area (Å²) in [5.74, 6) is 0.712. The molecule has 1 atom stereocenters. The van der Waals surface area contributed by atoms with Gasteiger partial charge in [-0.2, -0.15) is 0 Å². The van der Waals surface area contributed by atoms with Gasteiger partial charge in [0, 0.05) is 22.5 Å². The normalized spacial score (nSPS) is 12.0. The Labute approximate surface area is 131 Å². The first-order chi connectivity index (χ1) is 10.7. The van der Waals surface area contributed by atoms with Gasteiger partial charge < -0.3 is 15.2 Å². The molecule has 0 aliphatic carbocycles. The van der Waals surface area contributed by atoms with Crippen LogP contribution < -0.4 is 15.2 Å². The lowest BCUT2D eigenvalue weighted by Crippen LogP contribution is -2.06. The number of ether oxygens (including phenoxy) is 1. The molecule has 3 N–H and O–H groups in total. The molecule has 0 saturated carbocycles. The zero-order valence-electron chi connectivity index (χ0n) is 12.1. The number of fused-ring (bicyclic) bond motifs is 1. The van der Waals surface area contributed by atoms with Gasteiger partial charge in [-0.15, -0.1) is 0 Å². The van der Waals surface area contributed by atoms with Gasteiger partial charge in [0.15, 0.2) is 11.0 Å². The largest absolute Gasteiger partial charge is 0.497 e. The molecule has 0 aliphatic heterocycles. The molecule has 22 heavy (non-hydrogen) atoms. The second-order valence-corrected chi connectivity index (χ2v) is 5.98. The topological polar surface area (TPSA) is 64.3 Å². The third-order valence-corrected chi connectivity index (χ3v) is 4.57. The van der Waals surface area contributed by atoms with Crippen LogP contribution in [-0.4, -0.2) is 11.3 Å². The average Bonchev–Trinajstić information content (AvgIpc) is 2.55. The number of rotatable bonds is 4. The first kappa shape index (κ1) is 14.4. The van der Waals surface area contributed by atoms with E-state index in [-0.39, 0.29) is 0 Å². The Morgan fingerprint density at radius 3 is 2.55 bits per heavy atom. The fourth-order valence-electron chi connectivity index (χ4n) is 2.30. The highest BCUT2D eigenvalue weighted by atomic mass is 32.2. The van der Waals surface area contributed by atoms with Gasteiger partial charge in [-0.3, -0.25) is 0 Å². The zero-order chi connectivity index (χ0) is 15.5. The molecular weight excluding hydrogens is 296 g/mol. The van der Waals surface area contributed by atoms with Crippen molar-refractivity contribution in [3.8, 4) is 5.75 Å². The van der Waals surface area contributed by atoms with Gasteiger partial charge in [-0.05, 0) is 24.3 Å². The lowest BCUT2D eigenvalue weighted by Gasteiger charge is -2.11. The molecule has 0 fully saturated rings. The Kier molecular flexibility index (Phi) is 3.98. The highest BCUT2D eigenvalue weighted by Gasteiger charge is 2.10. The van der Waals surface area contributed by atoms with E-state index in [9.17, 15) is 4.21 Å². The average molecular weight is 312 g/mol. The first-order valence-electron chi connectivity index (χ1n) is 6.79. The van der Waals surface area contributed by atoms with Crippen LogP contribution in [0.15, 0.2) is 65.6 Å². The SMILES string of the molecule is COc1cccc(NS(=O)c2ccc(N)c3ccccc23)c1. The molecule has 1 unspecified atom stereocenters. The molecule has 0 radical (unpaired) electrons. The van der Waals surface area contributed by atoms with Crippen molar-refractivity contribution in [2.75, 3.05) is 17.6 Å². The third-order valence-electron chi connectivity index (χ3n) is 3.40. The number of nitrogens with one attached hydrogen (secondary N) is 1. The predicted octanol–water partition coefficient (Wildman–Crippen LogP) is 3.57. The van der Waals surface area contributed by atoms with E-state index in [0.717, 1.165) is 16.5 Å². The van der Waals surface area contributed by atoms with E-state index in [1.165, 1.54) is 0 Å². The molecule has 0 aromatic heterocycles. The van der Waals surface area contributed by atoms with Gasteiger partial charge in [0.2, 0.25) is 0 Å². The number of nitrogen functional groups attached to an aromatic ring is 1. The number of benzene rings is 3.